The minimum Gasteiger partial charge on any atom is -0.436 e. The third kappa shape index (κ3) is 1.88. The molecular formula is C11H7FNO. The van der Waals surface area contributed by atoms with E-state index in [-0.39, 0.29) is 5.75 Å². The zero-order chi connectivity index (χ0) is 9.80. The van der Waals surface area contributed by atoms with E-state index in [4.69, 9.17) is 4.74 Å². The molecule has 1 radical (unpaired) electrons. The molecule has 2 aromatic rings. The first-order valence-corrected chi connectivity index (χ1v) is 4.12. The molecule has 0 aliphatic rings. The number of pyridine rings is 1. The molecule has 3 heteroatoms. The monoisotopic (exact) mass is 188 g/mol. The standard InChI is InChI=1S/C11H7FNO/c12-9-5-1-2-6-10(9)14-11-7-3-4-8-13-11/h1-7H. The van der Waals surface area contributed by atoms with Crippen LogP contribution in [0.2, 0.25) is 0 Å². The second kappa shape index (κ2) is 3.87. The van der Waals surface area contributed by atoms with E-state index < -0.39 is 5.82 Å². The van der Waals surface area contributed by atoms with Gasteiger partial charge in [-0.15, -0.1) is 0 Å². The Morgan fingerprint density at radius 2 is 2.00 bits per heavy atom. The summed E-state index contributed by atoms with van der Waals surface area (Å²) >= 11 is 0. The van der Waals surface area contributed by atoms with Crippen LogP contribution in [0.3, 0.4) is 0 Å². The third-order valence-electron chi connectivity index (χ3n) is 1.64. The van der Waals surface area contributed by atoms with Gasteiger partial charge in [0.05, 0.1) is 6.20 Å². The maximum atomic E-state index is 13.1. The van der Waals surface area contributed by atoms with Gasteiger partial charge in [-0.25, -0.2) is 9.37 Å². The van der Waals surface area contributed by atoms with Gasteiger partial charge in [0, 0.05) is 6.07 Å². The summed E-state index contributed by atoms with van der Waals surface area (Å²) in [4.78, 5) is 3.80. The fourth-order valence-electron chi connectivity index (χ4n) is 1.01. The van der Waals surface area contributed by atoms with Gasteiger partial charge in [0.25, 0.3) is 0 Å². The first-order chi connectivity index (χ1) is 6.86. The van der Waals surface area contributed by atoms with Crippen LogP contribution >= 0.6 is 0 Å². The summed E-state index contributed by atoms with van der Waals surface area (Å²) in [6, 6.07) is 11.2. The third-order valence-corrected chi connectivity index (χ3v) is 1.64. The molecule has 0 atom stereocenters. The van der Waals surface area contributed by atoms with E-state index in [2.05, 4.69) is 11.2 Å². The van der Waals surface area contributed by atoms with Crippen molar-refractivity contribution in [3.05, 3.63) is 54.5 Å². The summed E-state index contributed by atoms with van der Waals surface area (Å²) in [5, 5.41) is 0. The van der Waals surface area contributed by atoms with E-state index in [1.54, 1.807) is 36.4 Å². The van der Waals surface area contributed by atoms with E-state index in [9.17, 15) is 4.39 Å². The maximum Gasteiger partial charge on any atom is 0.219 e. The fourth-order valence-corrected chi connectivity index (χ4v) is 1.01. The van der Waals surface area contributed by atoms with Crippen LogP contribution < -0.4 is 4.74 Å². The largest absolute Gasteiger partial charge is 0.436 e. The van der Waals surface area contributed by atoms with Gasteiger partial charge in [0.15, 0.2) is 11.6 Å². The van der Waals surface area contributed by atoms with E-state index >= 15 is 0 Å². The average Bonchev–Trinajstić information content (AvgIpc) is 2.23. The lowest BCUT2D eigenvalue weighted by atomic mass is 10.3. The van der Waals surface area contributed by atoms with Crippen molar-refractivity contribution in [1.29, 1.82) is 0 Å². The first kappa shape index (κ1) is 8.69. The van der Waals surface area contributed by atoms with Crippen molar-refractivity contribution in [2.24, 2.45) is 0 Å². The lowest BCUT2D eigenvalue weighted by Gasteiger charge is -2.03. The summed E-state index contributed by atoms with van der Waals surface area (Å²) < 4.78 is 18.3. The quantitative estimate of drug-likeness (QED) is 0.722. The summed E-state index contributed by atoms with van der Waals surface area (Å²) in [7, 11) is 0. The van der Waals surface area contributed by atoms with Crippen LogP contribution in [0.5, 0.6) is 11.6 Å². The smallest absolute Gasteiger partial charge is 0.219 e. The molecule has 0 aliphatic carbocycles. The van der Waals surface area contributed by atoms with Crippen molar-refractivity contribution in [3.8, 4) is 11.6 Å². The predicted molar refractivity (Wildman–Crippen MR) is 49.5 cm³/mol. The van der Waals surface area contributed by atoms with Crippen molar-refractivity contribution in [3.63, 3.8) is 0 Å². The minimum atomic E-state index is -0.404. The Bertz CT molecular complexity index is 417. The lowest BCUT2D eigenvalue weighted by Crippen LogP contribution is -1.89. The van der Waals surface area contributed by atoms with Gasteiger partial charge in [-0.2, -0.15) is 0 Å². The number of rotatable bonds is 2. The fraction of sp³-hybridized carbons (Fsp3) is 0. The Labute approximate surface area is 81.0 Å². The molecule has 0 saturated carbocycles. The highest BCUT2D eigenvalue weighted by molar-refractivity contribution is 5.27. The molecule has 0 bridgehead atoms. The summed E-state index contributed by atoms with van der Waals surface area (Å²) in [5.41, 5.74) is 0. The van der Waals surface area contributed by atoms with Gasteiger partial charge in [-0.05, 0) is 18.2 Å². The van der Waals surface area contributed by atoms with Crippen LogP contribution in [-0.2, 0) is 0 Å². The Morgan fingerprint density at radius 1 is 1.14 bits per heavy atom. The van der Waals surface area contributed by atoms with E-state index in [0.717, 1.165) is 0 Å². The average molecular weight is 188 g/mol. The zero-order valence-electron chi connectivity index (χ0n) is 7.27. The molecule has 1 heterocycles. The molecule has 14 heavy (non-hydrogen) atoms. The number of nitrogens with zero attached hydrogens (tertiary/aromatic N) is 1. The van der Waals surface area contributed by atoms with Crippen LogP contribution in [-0.4, -0.2) is 4.98 Å². The van der Waals surface area contributed by atoms with E-state index in [1.807, 2.05) is 0 Å². The number of aromatic nitrogens is 1. The molecule has 2 rings (SSSR count). The first-order valence-electron chi connectivity index (χ1n) is 4.12. The topological polar surface area (TPSA) is 22.1 Å². The second-order valence-corrected chi connectivity index (χ2v) is 2.64. The highest BCUT2D eigenvalue weighted by atomic mass is 19.1. The van der Waals surface area contributed by atoms with Gasteiger partial charge >= 0.3 is 0 Å². The van der Waals surface area contributed by atoms with Crippen LogP contribution in [0, 0.1) is 12.0 Å². The number of hydrogen-bond acceptors (Lipinski definition) is 2. The second-order valence-electron chi connectivity index (χ2n) is 2.64. The van der Waals surface area contributed by atoms with Crippen LogP contribution in [0.15, 0.2) is 42.5 Å². The predicted octanol–water partition coefficient (Wildman–Crippen LogP) is 2.81. The highest BCUT2D eigenvalue weighted by Crippen LogP contribution is 2.21. The van der Waals surface area contributed by atoms with Gasteiger partial charge in [-0.3, -0.25) is 0 Å². The normalized spacial score (nSPS) is 9.79. The molecule has 0 spiro atoms. The highest BCUT2D eigenvalue weighted by Gasteiger charge is 2.02. The zero-order valence-corrected chi connectivity index (χ0v) is 7.27. The van der Waals surface area contributed by atoms with E-state index in [1.165, 1.54) is 6.07 Å². The number of ether oxygens (including phenoxy) is 1. The van der Waals surface area contributed by atoms with Crippen molar-refractivity contribution in [1.82, 2.24) is 4.98 Å². The number of hydrogen-bond donors (Lipinski definition) is 0. The molecule has 1 aromatic heterocycles. The summed E-state index contributed by atoms with van der Waals surface area (Å²) in [5.74, 6) is 0.0929. The Morgan fingerprint density at radius 3 is 2.71 bits per heavy atom. The molecule has 0 aliphatic heterocycles. The summed E-state index contributed by atoms with van der Waals surface area (Å²) in [6.07, 6.45) is 2.60. The van der Waals surface area contributed by atoms with Gasteiger partial charge in [0.2, 0.25) is 5.88 Å². The molecule has 69 valence electrons. The van der Waals surface area contributed by atoms with Crippen molar-refractivity contribution in [2.75, 3.05) is 0 Å². The number of para-hydroxylation sites is 1. The Balaban J connectivity index is 2.24. The van der Waals surface area contributed by atoms with Crippen LogP contribution in [0.25, 0.3) is 0 Å². The van der Waals surface area contributed by atoms with Crippen LogP contribution in [0.1, 0.15) is 0 Å². The Hall–Kier alpha value is -1.90. The number of halogens is 1. The number of benzene rings is 1. The molecule has 0 unspecified atom stereocenters. The Kier molecular flexibility index (Phi) is 2.40. The van der Waals surface area contributed by atoms with Gasteiger partial charge < -0.3 is 4.74 Å². The van der Waals surface area contributed by atoms with Crippen molar-refractivity contribution in [2.45, 2.75) is 0 Å². The minimum absolute atomic E-state index is 0.166. The maximum absolute atomic E-state index is 13.1. The molecule has 0 amide bonds. The molecule has 2 nitrogen and oxygen atoms in total. The molecular weight excluding hydrogens is 181 g/mol. The molecule has 0 N–H and O–H groups in total. The van der Waals surface area contributed by atoms with Crippen LogP contribution in [0.4, 0.5) is 4.39 Å². The summed E-state index contributed by atoms with van der Waals surface area (Å²) in [6.45, 7) is 0. The molecule has 0 fully saturated rings. The molecule has 0 saturated heterocycles. The van der Waals surface area contributed by atoms with Gasteiger partial charge in [0.1, 0.15) is 0 Å². The van der Waals surface area contributed by atoms with E-state index in [0.29, 0.717) is 5.88 Å². The van der Waals surface area contributed by atoms with Crippen molar-refractivity contribution >= 4 is 0 Å². The van der Waals surface area contributed by atoms with Gasteiger partial charge in [-0.1, -0.05) is 18.2 Å². The van der Waals surface area contributed by atoms with Crippen molar-refractivity contribution < 1.29 is 9.13 Å². The molecule has 1 aromatic carbocycles. The lowest BCUT2D eigenvalue weighted by molar-refractivity contribution is 0.427. The SMILES string of the molecule is Fc1ccccc1Oc1ccc[c]n1.